The zero-order valence-corrected chi connectivity index (χ0v) is 11.9. The van der Waals surface area contributed by atoms with Gasteiger partial charge < -0.3 is 4.90 Å². The van der Waals surface area contributed by atoms with Crippen LogP contribution in [-0.2, 0) is 0 Å². The average Bonchev–Trinajstić information content (AvgIpc) is 2.46. The summed E-state index contributed by atoms with van der Waals surface area (Å²) in [5.41, 5.74) is 0.00562. The molecule has 7 heteroatoms. The number of hydrogen-bond acceptors (Lipinski definition) is 5. The molecule has 1 aromatic heterocycles. The Morgan fingerprint density at radius 1 is 1.30 bits per heavy atom. The largest absolute Gasteiger partial charge is 0.354 e. The number of hydrogen-bond donors (Lipinski definition) is 0. The number of rotatable bonds is 2. The monoisotopic (exact) mass is 296 g/mol. The van der Waals surface area contributed by atoms with Gasteiger partial charge in [-0.1, -0.05) is 18.0 Å². The van der Waals surface area contributed by atoms with E-state index in [1.54, 1.807) is 0 Å². The smallest absolute Gasteiger partial charge is 0.276 e. The molecule has 0 radical (unpaired) electrons. The molecule has 3 rings (SSSR count). The summed E-state index contributed by atoms with van der Waals surface area (Å²) >= 11 is 5.90. The standard InChI is InChI=1S/C13H17ClN4O2/c14-12-7-11(18(19)20)8-13(15-12)17-6-5-16-4-2-1-3-10(16)9-17/h7-8,10H,1-6,9H2. The summed E-state index contributed by atoms with van der Waals surface area (Å²) in [6.07, 6.45) is 3.73. The van der Waals surface area contributed by atoms with Crippen molar-refractivity contribution in [2.24, 2.45) is 0 Å². The van der Waals surface area contributed by atoms with Gasteiger partial charge in [0.25, 0.3) is 5.69 Å². The highest BCUT2D eigenvalue weighted by Crippen LogP contribution is 2.27. The van der Waals surface area contributed by atoms with Crippen LogP contribution in [0.1, 0.15) is 19.3 Å². The molecule has 1 aromatic rings. The van der Waals surface area contributed by atoms with Gasteiger partial charge in [0, 0.05) is 25.7 Å². The fraction of sp³-hybridized carbons (Fsp3) is 0.615. The average molecular weight is 297 g/mol. The second kappa shape index (κ2) is 5.54. The van der Waals surface area contributed by atoms with E-state index in [1.807, 2.05) is 0 Å². The van der Waals surface area contributed by atoms with Gasteiger partial charge in [0.1, 0.15) is 11.0 Å². The number of piperidine rings is 1. The van der Waals surface area contributed by atoms with Crippen molar-refractivity contribution in [3.8, 4) is 0 Å². The normalized spacial score (nSPS) is 23.4. The first-order valence-corrected chi connectivity index (χ1v) is 7.32. The lowest BCUT2D eigenvalue weighted by molar-refractivity contribution is -0.384. The summed E-state index contributed by atoms with van der Waals surface area (Å²) in [7, 11) is 0. The molecule has 2 fully saturated rings. The molecule has 0 bridgehead atoms. The first kappa shape index (κ1) is 13.6. The highest BCUT2D eigenvalue weighted by atomic mass is 35.5. The molecule has 6 nitrogen and oxygen atoms in total. The Morgan fingerprint density at radius 2 is 2.15 bits per heavy atom. The molecule has 0 N–H and O–H groups in total. The molecule has 0 aromatic carbocycles. The van der Waals surface area contributed by atoms with Crippen LogP contribution in [0.4, 0.5) is 11.5 Å². The minimum Gasteiger partial charge on any atom is -0.354 e. The van der Waals surface area contributed by atoms with Gasteiger partial charge in [-0.05, 0) is 19.4 Å². The summed E-state index contributed by atoms with van der Waals surface area (Å²) in [6.45, 7) is 3.89. The maximum absolute atomic E-state index is 10.9. The number of fused-ring (bicyclic) bond motifs is 1. The van der Waals surface area contributed by atoms with Crippen molar-refractivity contribution >= 4 is 23.1 Å². The first-order valence-electron chi connectivity index (χ1n) is 6.94. The second-order valence-corrected chi connectivity index (χ2v) is 5.78. The fourth-order valence-electron chi connectivity index (χ4n) is 3.10. The minimum atomic E-state index is -0.423. The highest BCUT2D eigenvalue weighted by Gasteiger charge is 2.30. The lowest BCUT2D eigenvalue weighted by Crippen LogP contribution is -2.55. The van der Waals surface area contributed by atoms with Crippen LogP contribution in [0.3, 0.4) is 0 Å². The molecule has 2 aliphatic heterocycles. The first-order chi connectivity index (χ1) is 9.63. The van der Waals surface area contributed by atoms with E-state index in [-0.39, 0.29) is 10.8 Å². The van der Waals surface area contributed by atoms with E-state index in [2.05, 4.69) is 14.8 Å². The Hall–Kier alpha value is -1.40. The van der Waals surface area contributed by atoms with Crippen molar-refractivity contribution in [2.75, 3.05) is 31.1 Å². The van der Waals surface area contributed by atoms with E-state index >= 15 is 0 Å². The third-order valence-corrected chi connectivity index (χ3v) is 4.33. The number of piperazine rings is 1. The number of nitrogens with zero attached hydrogens (tertiary/aromatic N) is 4. The van der Waals surface area contributed by atoms with Crippen molar-refractivity contribution in [3.05, 3.63) is 27.4 Å². The van der Waals surface area contributed by atoms with Gasteiger partial charge in [0.05, 0.1) is 17.1 Å². The molecular formula is C13H17ClN4O2. The van der Waals surface area contributed by atoms with Crippen LogP contribution in [-0.4, -0.2) is 47.0 Å². The van der Waals surface area contributed by atoms with Gasteiger partial charge in [-0.2, -0.15) is 0 Å². The Kier molecular flexibility index (Phi) is 3.76. The van der Waals surface area contributed by atoms with E-state index in [4.69, 9.17) is 11.6 Å². The number of pyridine rings is 1. The van der Waals surface area contributed by atoms with Crippen LogP contribution < -0.4 is 4.90 Å². The van der Waals surface area contributed by atoms with Crippen LogP contribution in [0.25, 0.3) is 0 Å². The molecule has 3 heterocycles. The van der Waals surface area contributed by atoms with Crippen LogP contribution >= 0.6 is 11.6 Å². The third-order valence-electron chi connectivity index (χ3n) is 4.14. The van der Waals surface area contributed by atoms with Crippen molar-refractivity contribution < 1.29 is 4.92 Å². The topological polar surface area (TPSA) is 62.5 Å². The Balaban J connectivity index is 1.80. The summed E-state index contributed by atoms with van der Waals surface area (Å²) in [5, 5.41) is 11.1. The van der Waals surface area contributed by atoms with Crippen LogP contribution in [0.5, 0.6) is 0 Å². The van der Waals surface area contributed by atoms with E-state index < -0.39 is 4.92 Å². The van der Waals surface area contributed by atoms with Crippen molar-refractivity contribution in [2.45, 2.75) is 25.3 Å². The van der Waals surface area contributed by atoms with Gasteiger partial charge in [0.15, 0.2) is 0 Å². The highest BCUT2D eigenvalue weighted by molar-refractivity contribution is 6.29. The molecule has 0 aliphatic carbocycles. The Labute approximate surface area is 122 Å². The number of nitro groups is 1. The fourth-order valence-corrected chi connectivity index (χ4v) is 3.30. The molecular weight excluding hydrogens is 280 g/mol. The third kappa shape index (κ3) is 2.71. The van der Waals surface area contributed by atoms with Gasteiger partial charge >= 0.3 is 0 Å². The predicted octanol–water partition coefficient (Wildman–Crippen LogP) is 2.32. The Morgan fingerprint density at radius 3 is 2.95 bits per heavy atom. The van der Waals surface area contributed by atoms with Crippen LogP contribution in [0.2, 0.25) is 5.15 Å². The summed E-state index contributed by atoms with van der Waals surface area (Å²) in [5.74, 6) is 0.620. The molecule has 1 unspecified atom stereocenters. The molecule has 108 valence electrons. The molecule has 1 atom stereocenters. The molecule has 0 spiro atoms. The zero-order chi connectivity index (χ0) is 14.1. The van der Waals surface area contributed by atoms with E-state index in [0.29, 0.717) is 11.9 Å². The lowest BCUT2D eigenvalue weighted by atomic mass is 9.99. The van der Waals surface area contributed by atoms with E-state index in [1.165, 1.54) is 37.9 Å². The SMILES string of the molecule is O=[N+]([O-])c1cc(Cl)nc(N2CCN3CCCCC3C2)c1. The van der Waals surface area contributed by atoms with Gasteiger partial charge in [-0.3, -0.25) is 15.0 Å². The van der Waals surface area contributed by atoms with Crippen LogP contribution in [0, 0.1) is 10.1 Å². The van der Waals surface area contributed by atoms with E-state index in [9.17, 15) is 10.1 Å². The molecule has 20 heavy (non-hydrogen) atoms. The van der Waals surface area contributed by atoms with Crippen molar-refractivity contribution in [3.63, 3.8) is 0 Å². The van der Waals surface area contributed by atoms with Crippen molar-refractivity contribution in [1.82, 2.24) is 9.88 Å². The molecule has 2 saturated heterocycles. The second-order valence-electron chi connectivity index (χ2n) is 5.39. The van der Waals surface area contributed by atoms with Crippen LogP contribution in [0.15, 0.2) is 12.1 Å². The quantitative estimate of drug-likeness (QED) is 0.476. The maximum atomic E-state index is 10.9. The molecule has 2 aliphatic rings. The number of aromatic nitrogens is 1. The lowest BCUT2D eigenvalue weighted by Gasteiger charge is -2.44. The molecule has 0 amide bonds. The molecule has 0 saturated carbocycles. The van der Waals surface area contributed by atoms with Gasteiger partial charge in [-0.15, -0.1) is 0 Å². The predicted molar refractivity (Wildman–Crippen MR) is 77.3 cm³/mol. The van der Waals surface area contributed by atoms with E-state index in [0.717, 1.165) is 19.6 Å². The Bertz CT molecular complexity index is 525. The summed E-state index contributed by atoms with van der Waals surface area (Å²) in [6, 6.07) is 3.35. The minimum absolute atomic E-state index is 0.00562. The van der Waals surface area contributed by atoms with Gasteiger partial charge in [-0.25, -0.2) is 4.98 Å². The summed E-state index contributed by atoms with van der Waals surface area (Å²) in [4.78, 5) is 19.4. The zero-order valence-electron chi connectivity index (χ0n) is 11.2. The van der Waals surface area contributed by atoms with Crippen molar-refractivity contribution in [1.29, 1.82) is 0 Å². The number of anilines is 1. The maximum Gasteiger partial charge on any atom is 0.276 e. The number of halogens is 1. The van der Waals surface area contributed by atoms with Gasteiger partial charge in [0.2, 0.25) is 0 Å². The summed E-state index contributed by atoms with van der Waals surface area (Å²) < 4.78 is 0.